The second-order valence-corrected chi connectivity index (χ2v) is 8.30. The molecule has 2 aromatic rings. The average molecular weight is 480 g/mol. The molecule has 158 valence electrons. The zero-order valence-electron chi connectivity index (χ0n) is 16.0. The summed E-state index contributed by atoms with van der Waals surface area (Å²) in [5.74, 6) is -1.53. The van der Waals surface area contributed by atoms with Gasteiger partial charge in [-0.05, 0) is 42.7 Å². The Morgan fingerprint density at radius 1 is 1.20 bits per heavy atom. The molecule has 1 N–H and O–H groups in total. The Bertz CT molecular complexity index is 988. The molecule has 2 amide bonds. The van der Waals surface area contributed by atoms with Crippen molar-refractivity contribution in [2.75, 3.05) is 42.6 Å². The number of carbonyl (C=O) groups excluding carboxylic acids is 2. The summed E-state index contributed by atoms with van der Waals surface area (Å²) >= 11 is 3.36. The van der Waals surface area contributed by atoms with Gasteiger partial charge in [-0.1, -0.05) is 15.9 Å². The van der Waals surface area contributed by atoms with Crippen molar-refractivity contribution < 1.29 is 23.1 Å². The molecule has 0 bridgehead atoms. The maximum atomic E-state index is 13.5. The van der Waals surface area contributed by atoms with Gasteiger partial charge in [-0.25, -0.2) is 8.78 Å². The number of amides is 2. The first kappa shape index (κ1) is 20.6. The zero-order chi connectivity index (χ0) is 21.3. The van der Waals surface area contributed by atoms with Crippen molar-refractivity contribution in [3.8, 4) is 5.75 Å². The molecule has 1 atom stereocenters. The molecule has 1 fully saturated rings. The van der Waals surface area contributed by atoms with E-state index in [1.165, 1.54) is 11.0 Å². The fourth-order valence-corrected chi connectivity index (χ4v) is 4.06. The van der Waals surface area contributed by atoms with E-state index in [0.717, 1.165) is 17.0 Å². The quantitative estimate of drug-likeness (QED) is 0.715. The normalized spacial score (nSPS) is 18.2. The smallest absolute Gasteiger partial charge is 0.265 e. The van der Waals surface area contributed by atoms with Crippen LogP contribution in [0.1, 0.15) is 6.42 Å². The summed E-state index contributed by atoms with van der Waals surface area (Å²) in [5.41, 5.74) is 1.19. The molecule has 6 nitrogen and oxygen atoms in total. The van der Waals surface area contributed by atoms with Gasteiger partial charge in [0.15, 0.2) is 18.2 Å². The number of nitrogens with zero attached hydrogens (tertiary/aromatic N) is 2. The SMILES string of the molecule is O=C(CN1C(=O)COc2cc(Br)ccc21)NCC1CCN(c2ccc(F)c(F)c2)C1. The van der Waals surface area contributed by atoms with Crippen molar-refractivity contribution in [1.29, 1.82) is 0 Å². The van der Waals surface area contributed by atoms with E-state index in [2.05, 4.69) is 21.2 Å². The molecule has 30 heavy (non-hydrogen) atoms. The van der Waals surface area contributed by atoms with Gasteiger partial charge in [0.2, 0.25) is 5.91 Å². The van der Waals surface area contributed by atoms with Gasteiger partial charge < -0.3 is 15.0 Å². The summed E-state index contributed by atoms with van der Waals surface area (Å²) in [5, 5.41) is 2.88. The predicted molar refractivity (Wildman–Crippen MR) is 112 cm³/mol. The summed E-state index contributed by atoms with van der Waals surface area (Å²) in [7, 11) is 0. The molecule has 0 radical (unpaired) electrons. The van der Waals surface area contributed by atoms with E-state index in [4.69, 9.17) is 4.74 Å². The van der Waals surface area contributed by atoms with E-state index >= 15 is 0 Å². The predicted octanol–water partition coefficient (Wildman–Crippen LogP) is 3.10. The first-order chi connectivity index (χ1) is 14.4. The van der Waals surface area contributed by atoms with Crippen LogP contribution in [0.5, 0.6) is 5.75 Å². The lowest BCUT2D eigenvalue weighted by Crippen LogP contribution is -2.46. The summed E-state index contributed by atoms with van der Waals surface area (Å²) < 4.78 is 32.8. The van der Waals surface area contributed by atoms with Crippen LogP contribution in [0.3, 0.4) is 0 Å². The summed E-state index contributed by atoms with van der Waals surface area (Å²) in [6.07, 6.45) is 0.826. The van der Waals surface area contributed by atoms with Crippen molar-refractivity contribution in [2.24, 2.45) is 5.92 Å². The van der Waals surface area contributed by atoms with Crippen LogP contribution in [-0.2, 0) is 9.59 Å². The largest absolute Gasteiger partial charge is 0.482 e. The Balaban J connectivity index is 1.31. The van der Waals surface area contributed by atoms with Crippen LogP contribution in [0, 0.1) is 17.6 Å². The number of carbonyl (C=O) groups is 2. The van der Waals surface area contributed by atoms with Crippen LogP contribution in [0.15, 0.2) is 40.9 Å². The Labute approximate surface area is 180 Å². The molecule has 2 aliphatic rings. The lowest BCUT2D eigenvalue weighted by atomic mass is 10.1. The standard InChI is InChI=1S/C21H20BrF2N3O3/c22-14-1-4-18-19(7-14)30-12-21(29)27(18)11-20(28)25-9-13-5-6-26(10-13)15-2-3-16(23)17(24)8-15/h1-4,7-8,13H,5-6,9-12H2,(H,25,28). The van der Waals surface area contributed by atoms with Gasteiger partial charge in [0.25, 0.3) is 5.91 Å². The Morgan fingerprint density at radius 2 is 2.03 bits per heavy atom. The first-order valence-corrected chi connectivity index (χ1v) is 10.4. The molecule has 0 saturated carbocycles. The number of anilines is 2. The number of hydrogen-bond donors (Lipinski definition) is 1. The van der Waals surface area contributed by atoms with E-state index in [1.54, 1.807) is 24.3 Å². The van der Waals surface area contributed by atoms with E-state index in [0.29, 0.717) is 36.8 Å². The Morgan fingerprint density at radius 3 is 2.83 bits per heavy atom. The summed E-state index contributed by atoms with van der Waals surface area (Å²) in [6.45, 7) is 1.60. The minimum Gasteiger partial charge on any atom is -0.482 e. The second-order valence-electron chi connectivity index (χ2n) is 7.38. The van der Waals surface area contributed by atoms with E-state index in [1.807, 2.05) is 4.90 Å². The lowest BCUT2D eigenvalue weighted by molar-refractivity contribution is -0.125. The van der Waals surface area contributed by atoms with Crippen molar-refractivity contribution in [2.45, 2.75) is 6.42 Å². The maximum Gasteiger partial charge on any atom is 0.265 e. The molecule has 9 heteroatoms. The number of ether oxygens (including phenoxy) is 1. The molecule has 0 spiro atoms. The second kappa shape index (κ2) is 8.59. The van der Waals surface area contributed by atoms with Crippen LogP contribution in [0.2, 0.25) is 0 Å². The van der Waals surface area contributed by atoms with Crippen LogP contribution >= 0.6 is 15.9 Å². The molecule has 2 aliphatic heterocycles. The van der Waals surface area contributed by atoms with Gasteiger partial charge in [0, 0.05) is 35.9 Å². The molecule has 2 aromatic carbocycles. The van der Waals surface area contributed by atoms with Crippen LogP contribution in [0.25, 0.3) is 0 Å². The number of fused-ring (bicyclic) bond motifs is 1. The molecule has 1 unspecified atom stereocenters. The van der Waals surface area contributed by atoms with Crippen LogP contribution in [0.4, 0.5) is 20.2 Å². The van der Waals surface area contributed by atoms with Crippen molar-refractivity contribution >= 4 is 39.1 Å². The van der Waals surface area contributed by atoms with Crippen LogP contribution < -0.4 is 19.9 Å². The third kappa shape index (κ3) is 4.40. The Hall–Kier alpha value is -2.68. The van der Waals surface area contributed by atoms with E-state index < -0.39 is 11.6 Å². The van der Waals surface area contributed by atoms with Gasteiger partial charge in [0.05, 0.1) is 5.69 Å². The topological polar surface area (TPSA) is 61.9 Å². The minimum atomic E-state index is -0.869. The number of halogens is 3. The fraction of sp³-hybridized carbons (Fsp3) is 0.333. The van der Waals surface area contributed by atoms with Crippen molar-refractivity contribution in [3.05, 3.63) is 52.5 Å². The molecule has 2 heterocycles. The molecule has 0 aliphatic carbocycles. The zero-order valence-corrected chi connectivity index (χ0v) is 17.6. The molecule has 4 rings (SSSR count). The monoisotopic (exact) mass is 479 g/mol. The van der Waals surface area contributed by atoms with Gasteiger partial charge in [-0.15, -0.1) is 0 Å². The first-order valence-electron chi connectivity index (χ1n) is 9.60. The average Bonchev–Trinajstić information content (AvgIpc) is 3.20. The third-order valence-corrected chi connectivity index (χ3v) is 5.80. The third-order valence-electron chi connectivity index (χ3n) is 5.31. The van der Waals surface area contributed by atoms with Gasteiger partial charge in [-0.2, -0.15) is 0 Å². The van der Waals surface area contributed by atoms with Gasteiger partial charge in [0.1, 0.15) is 12.3 Å². The minimum absolute atomic E-state index is 0.0869. The van der Waals surface area contributed by atoms with Crippen molar-refractivity contribution in [3.63, 3.8) is 0 Å². The highest BCUT2D eigenvalue weighted by Crippen LogP contribution is 2.34. The highest BCUT2D eigenvalue weighted by Gasteiger charge is 2.28. The highest BCUT2D eigenvalue weighted by atomic mass is 79.9. The lowest BCUT2D eigenvalue weighted by Gasteiger charge is -2.29. The fourth-order valence-electron chi connectivity index (χ4n) is 3.72. The van der Waals surface area contributed by atoms with E-state index in [-0.39, 0.29) is 30.9 Å². The van der Waals surface area contributed by atoms with E-state index in [9.17, 15) is 18.4 Å². The van der Waals surface area contributed by atoms with Gasteiger partial charge >= 0.3 is 0 Å². The Kier molecular flexibility index (Phi) is 5.90. The molecular formula is C21H20BrF2N3O3. The highest BCUT2D eigenvalue weighted by molar-refractivity contribution is 9.10. The number of rotatable bonds is 5. The molecular weight excluding hydrogens is 460 g/mol. The van der Waals surface area contributed by atoms with Gasteiger partial charge in [-0.3, -0.25) is 14.5 Å². The van der Waals surface area contributed by atoms with Crippen LogP contribution in [-0.4, -0.2) is 44.6 Å². The number of hydrogen-bond acceptors (Lipinski definition) is 4. The maximum absolute atomic E-state index is 13.5. The van der Waals surface area contributed by atoms with Crippen molar-refractivity contribution in [1.82, 2.24) is 5.32 Å². The number of benzene rings is 2. The summed E-state index contributed by atoms with van der Waals surface area (Å²) in [6, 6.07) is 9.15. The molecule has 0 aromatic heterocycles. The number of nitrogens with one attached hydrogen (secondary N) is 1. The molecule has 1 saturated heterocycles. The summed E-state index contributed by atoms with van der Waals surface area (Å²) in [4.78, 5) is 28.1.